The van der Waals surface area contributed by atoms with Gasteiger partial charge in [-0.1, -0.05) is 44.1 Å². The van der Waals surface area contributed by atoms with Crippen LogP contribution in [0.2, 0.25) is 0 Å². The molecule has 1 rings (SSSR count). The Hall–Kier alpha value is -1.82. The minimum atomic E-state index is -0.584. The van der Waals surface area contributed by atoms with Gasteiger partial charge in [0.15, 0.2) is 0 Å². The number of pyridine rings is 1. The van der Waals surface area contributed by atoms with Crippen molar-refractivity contribution in [2.75, 3.05) is 0 Å². The normalized spacial score (nSPS) is 12.2. The lowest BCUT2D eigenvalue weighted by atomic mass is 9.97. The first-order valence-electron chi connectivity index (χ1n) is 8.05. The Morgan fingerprint density at radius 3 is 2.64 bits per heavy atom. The molecular weight excluding hydrogens is 274 g/mol. The standard InChI is InChI=1S/C19H27NO2/c1-5-6-7-8-9-10-14-17(16-13-11-12-15-20-16)22-18(21)19(2,3)4/h11-13,15,17H,5-9H2,1-4H3. The third kappa shape index (κ3) is 6.76. The topological polar surface area (TPSA) is 39.2 Å². The maximum absolute atomic E-state index is 12.1. The molecule has 0 amide bonds. The van der Waals surface area contributed by atoms with Crippen LogP contribution in [-0.2, 0) is 9.53 Å². The number of esters is 1. The van der Waals surface area contributed by atoms with Gasteiger partial charge in [-0.2, -0.15) is 0 Å². The van der Waals surface area contributed by atoms with Crippen molar-refractivity contribution in [2.24, 2.45) is 5.41 Å². The van der Waals surface area contributed by atoms with E-state index in [1.165, 1.54) is 19.3 Å². The monoisotopic (exact) mass is 301 g/mol. The van der Waals surface area contributed by atoms with E-state index in [0.29, 0.717) is 5.69 Å². The molecule has 1 heterocycles. The lowest BCUT2D eigenvalue weighted by Crippen LogP contribution is -2.25. The largest absolute Gasteiger partial charge is 0.442 e. The van der Waals surface area contributed by atoms with Gasteiger partial charge in [0, 0.05) is 12.6 Å². The van der Waals surface area contributed by atoms with Crippen LogP contribution in [0, 0.1) is 17.3 Å². The average molecular weight is 301 g/mol. The van der Waals surface area contributed by atoms with Gasteiger partial charge in [-0.3, -0.25) is 9.78 Å². The zero-order chi connectivity index (χ0) is 16.4. The molecule has 0 aliphatic rings. The fraction of sp³-hybridized carbons (Fsp3) is 0.579. The van der Waals surface area contributed by atoms with E-state index in [-0.39, 0.29) is 5.97 Å². The number of carbonyl (C=O) groups is 1. The first kappa shape index (κ1) is 18.2. The molecule has 0 N–H and O–H groups in total. The molecule has 0 saturated heterocycles. The molecule has 0 bridgehead atoms. The Labute approximate surface area is 134 Å². The average Bonchev–Trinajstić information content (AvgIpc) is 2.49. The van der Waals surface area contributed by atoms with Crippen LogP contribution in [0.25, 0.3) is 0 Å². The summed E-state index contributed by atoms with van der Waals surface area (Å²) >= 11 is 0. The van der Waals surface area contributed by atoms with Crippen LogP contribution in [0.3, 0.4) is 0 Å². The van der Waals surface area contributed by atoms with Gasteiger partial charge < -0.3 is 4.74 Å². The summed E-state index contributed by atoms with van der Waals surface area (Å²) in [6.07, 6.45) is 6.67. The van der Waals surface area contributed by atoms with Crippen molar-refractivity contribution in [1.82, 2.24) is 4.98 Å². The predicted molar refractivity (Wildman–Crippen MR) is 89.1 cm³/mol. The highest BCUT2D eigenvalue weighted by Gasteiger charge is 2.26. The SMILES string of the molecule is CCCCCCC#CC(OC(=O)C(C)(C)C)c1ccccn1. The molecule has 3 nitrogen and oxygen atoms in total. The fourth-order valence-electron chi connectivity index (χ4n) is 1.78. The first-order valence-corrected chi connectivity index (χ1v) is 8.05. The van der Waals surface area contributed by atoms with Crippen LogP contribution >= 0.6 is 0 Å². The number of nitrogens with zero attached hydrogens (tertiary/aromatic N) is 1. The quantitative estimate of drug-likeness (QED) is 0.435. The van der Waals surface area contributed by atoms with Gasteiger partial charge in [-0.25, -0.2) is 0 Å². The highest BCUT2D eigenvalue weighted by Crippen LogP contribution is 2.22. The van der Waals surface area contributed by atoms with Gasteiger partial charge in [0.05, 0.1) is 11.1 Å². The maximum atomic E-state index is 12.1. The molecule has 0 radical (unpaired) electrons. The number of carbonyl (C=O) groups excluding carboxylic acids is 1. The minimum Gasteiger partial charge on any atom is -0.442 e. The Morgan fingerprint density at radius 1 is 1.27 bits per heavy atom. The molecule has 0 aliphatic carbocycles. The summed E-state index contributed by atoms with van der Waals surface area (Å²) in [6.45, 7) is 7.70. The van der Waals surface area contributed by atoms with Crippen molar-refractivity contribution >= 4 is 5.97 Å². The van der Waals surface area contributed by atoms with E-state index < -0.39 is 11.5 Å². The number of hydrogen-bond donors (Lipinski definition) is 0. The van der Waals surface area contributed by atoms with Gasteiger partial charge in [0.2, 0.25) is 6.10 Å². The van der Waals surface area contributed by atoms with Gasteiger partial charge in [0.1, 0.15) is 0 Å². The van der Waals surface area contributed by atoms with Crippen molar-refractivity contribution < 1.29 is 9.53 Å². The smallest absolute Gasteiger partial charge is 0.312 e. The summed E-state index contributed by atoms with van der Waals surface area (Å²) in [6, 6.07) is 5.56. The van der Waals surface area contributed by atoms with Gasteiger partial charge in [-0.15, -0.1) is 0 Å². The molecule has 0 aromatic carbocycles. The van der Waals surface area contributed by atoms with Crippen LogP contribution in [0.5, 0.6) is 0 Å². The van der Waals surface area contributed by atoms with Gasteiger partial charge in [-0.05, 0) is 39.3 Å². The summed E-state index contributed by atoms with van der Waals surface area (Å²) in [5.41, 5.74) is 0.136. The molecule has 120 valence electrons. The molecule has 1 unspecified atom stereocenters. The van der Waals surface area contributed by atoms with Crippen LogP contribution in [0.15, 0.2) is 24.4 Å². The van der Waals surface area contributed by atoms with Crippen molar-refractivity contribution in [3.05, 3.63) is 30.1 Å². The highest BCUT2D eigenvalue weighted by atomic mass is 16.5. The number of hydrogen-bond acceptors (Lipinski definition) is 3. The lowest BCUT2D eigenvalue weighted by Gasteiger charge is -2.20. The molecule has 1 aromatic heterocycles. The molecule has 0 spiro atoms. The molecule has 1 aromatic rings. The van der Waals surface area contributed by atoms with Crippen molar-refractivity contribution in [3.8, 4) is 11.8 Å². The number of aromatic nitrogens is 1. The molecule has 22 heavy (non-hydrogen) atoms. The third-order valence-corrected chi connectivity index (χ3v) is 3.18. The Kier molecular flexibility index (Phi) is 7.66. The minimum absolute atomic E-state index is 0.261. The van der Waals surface area contributed by atoms with E-state index in [0.717, 1.165) is 12.8 Å². The van der Waals surface area contributed by atoms with Crippen LogP contribution in [-0.4, -0.2) is 11.0 Å². The predicted octanol–water partition coefficient (Wildman–Crippen LogP) is 4.69. The molecule has 1 atom stereocenters. The summed E-state index contributed by atoms with van der Waals surface area (Å²) in [5, 5.41) is 0. The van der Waals surface area contributed by atoms with Crippen molar-refractivity contribution in [2.45, 2.75) is 65.9 Å². The van der Waals surface area contributed by atoms with E-state index in [1.54, 1.807) is 6.20 Å². The lowest BCUT2D eigenvalue weighted by molar-refractivity contribution is -0.156. The Bertz CT molecular complexity index is 506. The van der Waals surface area contributed by atoms with E-state index in [1.807, 2.05) is 39.0 Å². The Morgan fingerprint density at radius 2 is 2.05 bits per heavy atom. The number of ether oxygens (including phenoxy) is 1. The molecule has 0 aliphatic heterocycles. The Balaban J connectivity index is 2.72. The molecule has 0 saturated carbocycles. The van der Waals surface area contributed by atoms with Crippen LogP contribution < -0.4 is 0 Å². The second kappa shape index (κ2) is 9.25. The van der Waals surface area contributed by atoms with Gasteiger partial charge in [0.25, 0.3) is 0 Å². The maximum Gasteiger partial charge on any atom is 0.312 e. The highest BCUT2D eigenvalue weighted by molar-refractivity contribution is 5.75. The zero-order valence-electron chi connectivity index (χ0n) is 14.2. The zero-order valence-corrected chi connectivity index (χ0v) is 14.2. The van der Waals surface area contributed by atoms with Crippen LogP contribution in [0.4, 0.5) is 0 Å². The number of rotatable bonds is 6. The first-order chi connectivity index (χ1) is 10.4. The van der Waals surface area contributed by atoms with E-state index in [9.17, 15) is 4.79 Å². The summed E-state index contributed by atoms with van der Waals surface area (Å²) in [4.78, 5) is 16.4. The second-order valence-corrected chi connectivity index (χ2v) is 6.42. The van der Waals surface area contributed by atoms with Crippen LogP contribution in [0.1, 0.15) is 71.6 Å². The summed E-state index contributed by atoms with van der Waals surface area (Å²) in [7, 11) is 0. The number of unbranched alkanes of at least 4 members (excludes halogenated alkanes) is 4. The van der Waals surface area contributed by atoms with Gasteiger partial charge >= 0.3 is 5.97 Å². The molecule has 3 heteroatoms. The molecule has 0 fully saturated rings. The van der Waals surface area contributed by atoms with E-state index in [2.05, 4.69) is 23.7 Å². The van der Waals surface area contributed by atoms with E-state index >= 15 is 0 Å². The molecular formula is C19H27NO2. The van der Waals surface area contributed by atoms with Crippen molar-refractivity contribution in [1.29, 1.82) is 0 Å². The summed E-state index contributed by atoms with van der Waals surface area (Å²) < 4.78 is 5.55. The third-order valence-electron chi connectivity index (χ3n) is 3.18. The van der Waals surface area contributed by atoms with E-state index in [4.69, 9.17) is 4.74 Å². The summed E-state index contributed by atoms with van der Waals surface area (Å²) in [5.74, 6) is 5.93. The fourth-order valence-corrected chi connectivity index (χ4v) is 1.78. The van der Waals surface area contributed by atoms with Crippen molar-refractivity contribution in [3.63, 3.8) is 0 Å². The second-order valence-electron chi connectivity index (χ2n) is 6.42.